The zero-order valence-electron chi connectivity index (χ0n) is 16.0. The van der Waals surface area contributed by atoms with E-state index in [-0.39, 0.29) is 22.8 Å². The van der Waals surface area contributed by atoms with Gasteiger partial charge in [-0.15, -0.1) is 0 Å². The van der Waals surface area contributed by atoms with Crippen LogP contribution in [-0.2, 0) is 0 Å². The molecule has 0 N–H and O–H groups in total. The van der Waals surface area contributed by atoms with Crippen molar-refractivity contribution in [1.29, 1.82) is 0 Å². The Hall–Kier alpha value is -3.69. The Bertz CT molecular complexity index is 969. The Morgan fingerprint density at radius 1 is 0.966 bits per heavy atom. The molecule has 1 aliphatic rings. The van der Waals surface area contributed by atoms with Gasteiger partial charge in [0.15, 0.2) is 0 Å². The average Bonchev–Trinajstić information content (AvgIpc) is 2.73. The van der Waals surface area contributed by atoms with E-state index in [2.05, 4.69) is 0 Å². The highest BCUT2D eigenvalue weighted by molar-refractivity contribution is 5.95. The number of ether oxygens (including phenoxy) is 1. The fourth-order valence-electron chi connectivity index (χ4n) is 3.32. The number of nitro groups is 2. The molecule has 1 aliphatic heterocycles. The van der Waals surface area contributed by atoms with E-state index in [9.17, 15) is 25.0 Å². The molecule has 2 aromatic carbocycles. The molecular weight excluding hydrogens is 380 g/mol. The molecule has 0 aromatic heterocycles. The second-order valence-electron chi connectivity index (χ2n) is 6.65. The molecule has 10 heteroatoms. The zero-order valence-corrected chi connectivity index (χ0v) is 16.0. The fraction of sp³-hybridized carbons (Fsp3) is 0.316. The van der Waals surface area contributed by atoms with Gasteiger partial charge in [-0.25, -0.2) is 0 Å². The largest absolute Gasteiger partial charge is 0.496 e. The number of methoxy groups -OCH3 is 1. The van der Waals surface area contributed by atoms with Crippen LogP contribution in [0.1, 0.15) is 15.9 Å². The van der Waals surface area contributed by atoms with Crippen molar-refractivity contribution >= 4 is 23.0 Å². The third-order valence-electron chi connectivity index (χ3n) is 4.94. The number of amides is 1. The topological polar surface area (TPSA) is 119 Å². The van der Waals surface area contributed by atoms with Gasteiger partial charge in [-0.3, -0.25) is 25.0 Å². The maximum Gasteiger partial charge on any atom is 0.296 e. The van der Waals surface area contributed by atoms with Gasteiger partial charge < -0.3 is 14.5 Å². The Kier molecular flexibility index (Phi) is 5.62. The van der Waals surface area contributed by atoms with Crippen molar-refractivity contribution in [2.24, 2.45) is 0 Å². The summed E-state index contributed by atoms with van der Waals surface area (Å²) in [5.74, 6) is 0.104. The third-order valence-corrected chi connectivity index (χ3v) is 4.94. The van der Waals surface area contributed by atoms with E-state index in [0.717, 1.165) is 0 Å². The molecule has 0 bridgehead atoms. The van der Waals surface area contributed by atoms with Crippen molar-refractivity contribution in [3.8, 4) is 5.75 Å². The number of hydrogen-bond donors (Lipinski definition) is 0. The second-order valence-corrected chi connectivity index (χ2v) is 6.65. The molecule has 29 heavy (non-hydrogen) atoms. The molecule has 0 spiro atoms. The molecule has 10 nitrogen and oxygen atoms in total. The first-order chi connectivity index (χ1) is 13.8. The van der Waals surface area contributed by atoms with Gasteiger partial charge in [0, 0.05) is 43.4 Å². The molecule has 0 atom stereocenters. The number of nitro benzene ring substituents is 2. The van der Waals surface area contributed by atoms with E-state index in [1.807, 2.05) is 4.90 Å². The first kappa shape index (κ1) is 20.1. The average molecular weight is 400 g/mol. The monoisotopic (exact) mass is 400 g/mol. The molecule has 1 fully saturated rings. The van der Waals surface area contributed by atoms with Gasteiger partial charge >= 0.3 is 0 Å². The first-order valence-corrected chi connectivity index (χ1v) is 8.93. The number of aryl methyl sites for hydroxylation is 1. The summed E-state index contributed by atoms with van der Waals surface area (Å²) in [6.07, 6.45) is 0. The number of benzene rings is 2. The van der Waals surface area contributed by atoms with Gasteiger partial charge in [0.25, 0.3) is 17.3 Å². The van der Waals surface area contributed by atoms with Crippen molar-refractivity contribution in [3.63, 3.8) is 0 Å². The van der Waals surface area contributed by atoms with Crippen molar-refractivity contribution < 1.29 is 19.4 Å². The molecule has 1 heterocycles. The van der Waals surface area contributed by atoms with Crippen molar-refractivity contribution in [2.75, 3.05) is 38.2 Å². The molecule has 0 aliphatic carbocycles. The quantitative estimate of drug-likeness (QED) is 0.559. The standard InChI is InChI=1S/C19H20N4O6/c1-13-3-4-14(11-17(13)22(25)26)19(24)21-9-7-20(8-10-21)16-6-5-15(29-2)12-18(16)23(27)28/h3-6,11-12H,7-10H2,1-2H3. The number of nitrogens with zero attached hydrogens (tertiary/aromatic N) is 4. The lowest BCUT2D eigenvalue weighted by Gasteiger charge is -2.35. The predicted octanol–water partition coefficient (Wildman–Crippen LogP) is 2.78. The molecular formula is C19H20N4O6. The fourth-order valence-corrected chi connectivity index (χ4v) is 3.32. The van der Waals surface area contributed by atoms with Crippen LogP contribution in [-0.4, -0.2) is 53.9 Å². The highest BCUT2D eigenvalue weighted by Gasteiger charge is 2.27. The second kappa shape index (κ2) is 8.13. The van der Waals surface area contributed by atoms with E-state index in [4.69, 9.17) is 4.74 Å². The zero-order chi connectivity index (χ0) is 21.1. The Morgan fingerprint density at radius 3 is 2.21 bits per heavy atom. The first-order valence-electron chi connectivity index (χ1n) is 8.93. The van der Waals surface area contributed by atoms with Crippen LogP contribution in [0.25, 0.3) is 0 Å². The maximum atomic E-state index is 12.7. The number of anilines is 1. The smallest absolute Gasteiger partial charge is 0.296 e. The summed E-state index contributed by atoms with van der Waals surface area (Å²) in [6, 6.07) is 9.09. The van der Waals surface area contributed by atoms with Crippen LogP contribution in [0, 0.1) is 27.2 Å². The molecule has 0 radical (unpaired) electrons. The molecule has 1 saturated heterocycles. The van der Waals surface area contributed by atoms with Crippen LogP contribution < -0.4 is 9.64 Å². The van der Waals surface area contributed by atoms with Crippen LogP contribution in [0.15, 0.2) is 36.4 Å². The predicted molar refractivity (Wildman–Crippen MR) is 106 cm³/mol. The molecule has 3 rings (SSSR count). The highest BCUT2D eigenvalue weighted by Crippen LogP contribution is 2.32. The Balaban J connectivity index is 1.74. The molecule has 1 amide bonds. The SMILES string of the molecule is COc1ccc(N2CCN(C(=O)c3ccc(C)c([N+](=O)[O-])c3)CC2)c([N+](=O)[O-])c1. The third kappa shape index (κ3) is 4.10. The lowest BCUT2D eigenvalue weighted by Crippen LogP contribution is -2.49. The minimum absolute atomic E-state index is 0.0571. The van der Waals surface area contributed by atoms with Gasteiger partial charge in [0.2, 0.25) is 0 Å². The van der Waals surface area contributed by atoms with Gasteiger partial charge in [-0.05, 0) is 25.1 Å². The number of rotatable bonds is 5. The summed E-state index contributed by atoms with van der Waals surface area (Å²) in [4.78, 5) is 37.8. The van der Waals surface area contributed by atoms with Crippen molar-refractivity contribution in [3.05, 3.63) is 67.8 Å². The summed E-state index contributed by atoms with van der Waals surface area (Å²) < 4.78 is 5.06. The van der Waals surface area contributed by atoms with Crippen LogP contribution in [0.2, 0.25) is 0 Å². The number of hydrogen-bond acceptors (Lipinski definition) is 7. The van der Waals surface area contributed by atoms with Crippen LogP contribution in [0.3, 0.4) is 0 Å². The summed E-state index contributed by atoms with van der Waals surface area (Å²) >= 11 is 0. The van der Waals surface area contributed by atoms with Gasteiger partial charge in [0.05, 0.1) is 23.0 Å². The molecule has 0 unspecified atom stereocenters. The van der Waals surface area contributed by atoms with E-state index >= 15 is 0 Å². The van der Waals surface area contributed by atoms with Gasteiger partial charge in [-0.1, -0.05) is 6.07 Å². The molecule has 152 valence electrons. The van der Waals surface area contributed by atoms with E-state index < -0.39 is 9.85 Å². The minimum atomic E-state index is -0.507. The van der Waals surface area contributed by atoms with Gasteiger partial charge in [0.1, 0.15) is 11.4 Å². The number of carbonyl (C=O) groups excluding carboxylic acids is 1. The number of carbonyl (C=O) groups is 1. The van der Waals surface area contributed by atoms with E-state index in [1.54, 1.807) is 36.1 Å². The lowest BCUT2D eigenvalue weighted by molar-refractivity contribution is -0.385. The van der Waals surface area contributed by atoms with Crippen LogP contribution in [0.4, 0.5) is 17.1 Å². The molecule has 2 aromatic rings. The maximum absolute atomic E-state index is 12.7. The van der Waals surface area contributed by atoms with E-state index in [1.165, 1.54) is 19.2 Å². The summed E-state index contributed by atoms with van der Waals surface area (Å²) in [5, 5.41) is 22.5. The van der Waals surface area contributed by atoms with E-state index in [0.29, 0.717) is 43.2 Å². The minimum Gasteiger partial charge on any atom is -0.496 e. The summed E-state index contributed by atoms with van der Waals surface area (Å²) in [5.41, 5.74) is 1.06. The van der Waals surface area contributed by atoms with Crippen molar-refractivity contribution in [2.45, 2.75) is 6.92 Å². The summed E-state index contributed by atoms with van der Waals surface area (Å²) in [6.45, 7) is 3.14. The lowest BCUT2D eigenvalue weighted by atomic mass is 10.1. The normalized spacial score (nSPS) is 13.9. The Labute approximate surface area is 166 Å². The van der Waals surface area contributed by atoms with Crippen LogP contribution >= 0.6 is 0 Å². The van der Waals surface area contributed by atoms with Gasteiger partial charge in [-0.2, -0.15) is 0 Å². The molecule has 0 saturated carbocycles. The Morgan fingerprint density at radius 2 is 1.62 bits per heavy atom. The van der Waals surface area contributed by atoms with Crippen LogP contribution in [0.5, 0.6) is 5.75 Å². The van der Waals surface area contributed by atoms with Crippen molar-refractivity contribution in [1.82, 2.24) is 4.90 Å². The highest BCUT2D eigenvalue weighted by atomic mass is 16.6. The summed E-state index contributed by atoms with van der Waals surface area (Å²) in [7, 11) is 1.44. The number of piperazine rings is 1.